The monoisotopic (exact) mass is 265 g/mol. The molecule has 0 spiro atoms. The van der Waals surface area contributed by atoms with Gasteiger partial charge < -0.3 is 21.1 Å². The molecule has 0 radical (unpaired) electrons. The smallest absolute Gasteiger partial charge is 0.313 e. The molecular weight excluding hydrogens is 250 g/mol. The Labute approximate surface area is 110 Å². The van der Waals surface area contributed by atoms with Crippen molar-refractivity contribution in [2.45, 2.75) is 0 Å². The van der Waals surface area contributed by atoms with E-state index in [0.717, 1.165) is 0 Å². The molecular formula is C12H15N3O4. The normalized spacial score (nSPS) is 9.74. The molecule has 0 fully saturated rings. The maximum atomic E-state index is 11.6. The topological polar surface area (TPSA) is 111 Å². The highest BCUT2D eigenvalue weighted by atomic mass is 16.5. The predicted octanol–water partition coefficient (Wildman–Crippen LogP) is -0.513. The fourth-order valence-corrected chi connectivity index (χ4v) is 1.33. The lowest BCUT2D eigenvalue weighted by molar-refractivity contribution is -0.136. The van der Waals surface area contributed by atoms with E-state index >= 15 is 0 Å². The fourth-order valence-electron chi connectivity index (χ4n) is 1.33. The summed E-state index contributed by atoms with van der Waals surface area (Å²) >= 11 is 0. The van der Waals surface area contributed by atoms with E-state index in [1.807, 2.05) is 0 Å². The van der Waals surface area contributed by atoms with Crippen LogP contribution in [0.25, 0.3) is 0 Å². The van der Waals surface area contributed by atoms with Gasteiger partial charge in [0, 0.05) is 13.7 Å². The molecule has 0 aliphatic carbocycles. The first-order chi connectivity index (χ1) is 9.06. The number of para-hydroxylation sites is 1. The zero-order valence-electron chi connectivity index (χ0n) is 10.4. The van der Waals surface area contributed by atoms with Gasteiger partial charge in [0.15, 0.2) is 0 Å². The summed E-state index contributed by atoms with van der Waals surface area (Å²) in [5.41, 5.74) is 5.49. The van der Waals surface area contributed by atoms with Gasteiger partial charge in [-0.3, -0.25) is 14.4 Å². The van der Waals surface area contributed by atoms with Crippen LogP contribution in [0.15, 0.2) is 24.3 Å². The Balaban J connectivity index is 2.66. The second kappa shape index (κ2) is 7.12. The van der Waals surface area contributed by atoms with Crippen LogP contribution in [0.3, 0.4) is 0 Å². The van der Waals surface area contributed by atoms with Crippen molar-refractivity contribution < 1.29 is 19.1 Å². The molecule has 3 amide bonds. The van der Waals surface area contributed by atoms with Crippen molar-refractivity contribution in [3.8, 4) is 0 Å². The lowest BCUT2D eigenvalue weighted by atomic mass is 10.1. The van der Waals surface area contributed by atoms with E-state index in [0.29, 0.717) is 6.61 Å². The summed E-state index contributed by atoms with van der Waals surface area (Å²) in [6.07, 6.45) is 0. The van der Waals surface area contributed by atoms with E-state index in [1.165, 1.54) is 19.2 Å². The molecule has 0 heterocycles. The molecule has 1 rings (SSSR count). The number of rotatable bonds is 5. The van der Waals surface area contributed by atoms with E-state index in [9.17, 15) is 14.4 Å². The van der Waals surface area contributed by atoms with Gasteiger partial charge in [0.1, 0.15) is 0 Å². The molecule has 0 aliphatic heterocycles. The Morgan fingerprint density at radius 1 is 1.21 bits per heavy atom. The van der Waals surface area contributed by atoms with E-state index in [-0.39, 0.29) is 17.8 Å². The van der Waals surface area contributed by atoms with Crippen LogP contribution in [0.4, 0.5) is 5.69 Å². The highest BCUT2D eigenvalue weighted by molar-refractivity contribution is 6.40. The zero-order chi connectivity index (χ0) is 14.3. The second-order valence-corrected chi connectivity index (χ2v) is 3.61. The average Bonchev–Trinajstić information content (AvgIpc) is 2.39. The van der Waals surface area contributed by atoms with Gasteiger partial charge >= 0.3 is 11.8 Å². The third kappa shape index (κ3) is 4.40. The summed E-state index contributed by atoms with van der Waals surface area (Å²) in [5, 5.41) is 4.69. The number of anilines is 1. The minimum absolute atomic E-state index is 0.139. The van der Waals surface area contributed by atoms with Gasteiger partial charge in [0.05, 0.1) is 17.9 Å². The van der Waals surface area contributed by atoms with Crippen molar-refractivity contribution in [2.75, 3.05) is 25.6 Å². The Kier molecular flexibility index (Phi) is 5.49. The van der Waals surface area contributed by atoms with Gasteiger partial charge in [-0.15, -0.1) is 0 Å². The lowest BCUT2D eigenvalue weighted by Gasteiger charge is -2.08. The van der Waals surface area contributed by atoms with Gasteiger partial charge in [-0.2, -0.15) is 0 Å². The van der Waals surface area contributed by atoms with E-state index in [4.69, 9.17) is 10.5 Å². The van der Waals surface area contributed by atoms with Gasteiger partial charge in [-0.05, 0) is 12.1 Å². The molecule has 0 unspecified atom stereocenters. The molecule has 19 heavy (non-hydrogen) atoms. The number of carbonyl (C=O) groups is 3. The number of hydrogen-bond donors (Lipinski definition) is 3. The van der Waals surface area contributed by atoms with Crippen molar-refractivity contribution in [3.05, 3.63) is 29.8 Å². The molecule has 1 aromatic carbocycles. The number of methoxy groups -OCH3 is 1. The molecule has 1 aromatic rings. The number of benzene rings is 1. The quantitative estimate of drug-likeness (QED) is 0.491. The number of nitrogens with one attached hydrogen (secondary N) is 2. The first kappa shape index (κ1) is 14.7. The second-order valence-electron chi connectivity index (χ2n) is 3.61. The molecule has 0 saturated carbocycles. The van der Waals surface area contributed by atoms with Crippen LogP contribution in [0.1, 0.15) is 10.4 Å². The summed E-state index contributed by atoms with van der Waals surface area (Å²) in [5.74, 6) is -2.36. The first-order valence-corrected chi connectivity index (χ1v) is 5.53. The van der Waals surface area contributed by atoms with Crippen LogP contribution >= 0.6 is 0 Å². The number of ether oxygens (including phenoxy) is 1. The number of primary amides is 1. The van der Waals surface area contributed by atoms with E-state index in [2.05, 4.69) is 10.6 Å². The molecule has 0 atom stereocenters. The van der Waals surface area contributed by atoms with Crippen LogP contribution < -0.4 is 16.4 Å². The van der Waals surface area contributed by atoms with Gasteiger partial charge in [0.2, 0.25) is 0 Å². The van der Waals surface area contributed by atoms with Crippen molar-refractivity contribution in [2.24, 2.45) is 5.73 Å². The Bertz CT molecular complexity index is 488. The van der Waals surface area contributed by atoms with E-state index < -0.39 is 17.7 Å². The van der Waals surface area contributed by atoms with Crippen molar-refractivity contribution in [1.29, 1.82) is 0 Å². The standard InChI is InChI=1S/C12H15N3O4/c1-19-7-6-14-11(17)12(18)15-9-5-3-2-4-8(9)10(13)16/h2-5H,6-7H2,1H3,(H2,13,16)(H,14,17)(H,15,18). The summed E-state index contributed by atoms with van der Waals surface area (Å²) in [6.45, 7) is 0.525. The van der Waals surface area contributed by atoms with Crippen LogP contribution in [0.2, 0.25) is 0 Å². The number of hydrogen-bond acceptors (Lipinski definition) is 4. The highest BCUT2D eigenvalue weighted by Gasteiger charge is 2.16. The summed E-state index contributed by atoms with van der Waals surface area (Å²) in [4.78, 5) is 34.1. The number of nitrogens with two attached hydrogens (primary N) is 1. The first-order valence-electron chi connectivity index (χ1n) is 5.53. The maximum absolute atomic E-state index is 11.6. The molecule has 102 valence electrons. The van der Waals surface area contributed by atoms with Gasteiger partial charge in [0.25, 0.3) is 5.91 Å². The Morgan fingerprint density at radius 3 is 2.53 bits per heavy atom. The van der Waals surface area contributed by atoms with Crippen molar-refractivity contribution >= 4 is 23.4 Å². The molecule has 0 bridgehead atoms. The average molecular weight is 265 g/mol. The van der Waals surface area contributed by atoms with Crippen molar-refractivity contribution in [1.82, 2.24) is 5.32 Å². The fraction of sp³-hybridized carbons (Fsp3) is 0.250. The lowest BCUT2D eigenvalue weighted by Crippen LogP contribution is -2.37. The largest absolute Gasteiger partial charge is 0.383 e. The van der Waals surface area contributed by atoms with Crippen LogP contribution in [0, 0.1) is 0 Å². The third-order valence-electron chi connectivity index (χ3n) is 2.24. The Morgan fingerprint density at radius 2 is 1.89 bits per heavy atom. The van der Waals surface area contributed by atoms with E-state index in [1.54, 1.807) is 12.1 Å². The predicted molar refractivity (Wildman–Crippen MR) is 68.5 cm³/mol. The van der Waals surface area contributed by atoms with Crippen LogP contribution in [0.5, 0.6) is 0 Å². The molecule has 0 aliphatic rings. The molecule has 7 nitrogen and oxygen atoms in total. The molecule has 0 aromatic heterocycles. The van der Waals surface area contributed by atoms with Gasteiger partial charge in [-0.1, -0.05) is 12.1 Å². The van der Waals surface area contributed by atoms with Crippen LogP contribution in [-0.4, -0.2) is 38.0 Å². The highest BCUT2D eigenvalue weighted by Crippen LogP contribution is 2.13. The zero-order valence-corrected chi connectivity index (χ0v) is 10.4. The summed E-state index contributed by atoms with van der Waals surface area (Å²) in [6, 6.07) is 6.17. The van der Waals surface area contributed by atoms with Gasteiger partial charge in [-0.25, -0.2) is 0 Å². The summed E-state index contributed by atoms with van der Waals surface area (Å²) < 4.78 is 4.73. The molecule has 7 heteroatoms. The minimum atomic E-state index is -0.871. The third-order valence-corrected chi connectivity index (χ3v) is 2.24. The Hall–Kier alpha value is -2.41. The maximum Gasteiger partial charge on any atom is 0.313 e. The number of carbonyl (C=O) groups excluding carboxylic acids is 3. The van der Waals surface area contributed by atoms with Crippen molar-refractivity contribution in [3.63, 3.8) is 0 Å². The minimum Gasteiger partial charge on any atom is -0.383 e. The molecule has 4 N–H and O–H groups in total. The summed E-state index contributed by atoms with van der Waals surface area (Å²) in [7, 11) is 1.48. The SMILES string of the molecule is COCCNC(=O)C(=O)Nc1ccccc1C(N)=O. The number of amides is 3. The molecule has 0 saturated heterocycles. The van der Waals surface area contributed by atoms with Crippen LogP contribution in [-0.2, 0) is 14.3 Å².